The molecule has 0 heterocycles. The lowest BCUT2D eigenvalue weighted by Gasteiger charge is -2.20. The minimum absolute atomic E-state index is 0.0439. The van der Waals surface area contributed by atoms with Crippen LogP contribution >= 0.6 is 0 Å². The molecule has 396 valence electrons. The highest BCUT2D eigenvalue weighted by molar-refractivity contribution is 5.74. The molecule has 0 aliphatic rings. The van der Waals surface area contributed by atoms with Gasteiger partial charge in [0.2, 0.25) is 0 Å². The van der Waals surface area contributed by atoms with Crippen molar-refractivity contribution in [1.82, 2.24) is 0 Å². The van der Waals surface area contributed by atoms with Crippen molar-refractivity contribution in [3.05, 3.63) is 87.5 Å². The number of nitro benzene ring substituents is 1. The van der Waals surface area contributed by atoms with Crippen LogP contribution in [0, 0.1) is 35.8 Å². The third-order valence-corrected chi connectivity index (χ3v) is 12.0. The van der Waals surface area contributed by atoms with E-state index in [2.05, 4.69) is 38.2 Å². The van der Waals surface area contributed by atoms with E-state index in [-0.39, 0.29) is 80.7 Å². The topological polar surface area (TPSA) is 184 Å². The van der Waals surface area contributed by atoms with Crippen LogP contribution < -0.4 is 9.47 Å². The summed E-state index contributed by atoms with van der Waals surface area (Å²) in [6.45, 7) is 11.3. The molecule has 0 aromatic heterocycles. The molecule has 0 amide bonds. The minimum Gasteiger partial charge on any atom is -0.462 e. The van der Waals surface area contributed by atoms with E-state index in [1.54, 1.807) is 26.0 Å². The van der Waals surface area contributed by atoms with Gasteiger partial charge in [-0.15, -0.1) is 0 Å². The average Bonchev–Trinajstić information content (AvgIpc) is 3.33. The molecule has 2 aromatic rings. The predicted molar refractivity (Wildman–Crippen MR) is 276 cm³/mol. The van der Waals surface area contributed by atoms with Gasteiger partial charge in [-0.05, 0) is 131 Å². The van der Waals surface area contributed by atoms with Crippen molar-refractivity contribution in [1.29, 1.82) is 0 Å². The Bertz CT molecular complexity index is 1850. The molecule has 0 fully saturated rings. The first kappa shape index (κ1) is 61.6. The van der Waals surface area contributed by atoms with Crippen LogP contribution in [0.1, 0.15) is 198 Å². The van der Waals surface area contributed by atoms with Gasteiger partial charge in [-0.1, -0.05) is 116 Å². The normalized spacial score (nSPS) is 12.2. The van der Waals surface area contributed by atoms with E-state index in [4.69, 9.17) is 28.4 Å². The molecule has 0 spiro atoms. The number of unbranched alkanes of at least 4 members (excludes halogenated alkanes) is 14. The number of esters is 4. The molecule has 14 nitrogen and oxygen atoms in total. The number of carbonyl (C=O) groups excluding carboxylic acids is 5. The van der Waals surface area contributed by atoms with E-state index in [0.29, 0.717) is 48.1 Å². The second-order valence-electron chi connectivity index (χ2n) is 18.9. The lowest BCUT2D eigenvalue weighted by Crippen LogP contribution is -2.31. The number of carbonyl (C=O) groups is 5. The molecule has 0 saturated carbocycles. The Labute approximate surface area is 424 Å². The van der Waals surface area contributed by atoms with Crippen LogP contribution in [0.5, 0.6) is 11.5 Å². The first-order valence-electron chi connectivity index (χ1n) is 26.4. The van der Waals surface area contributed by atoms with E-state index >= 15 is 0 Å². The molecule has 0 radical (unpaired) electrons. The number of benzene rings is 2. The van der Waals surface area contributed by atoms with Crippen LogP contribution in [0.25, 0.3) is 0 Å². The SMILES string of the molecule is CCCC/C=C\CCCCCCCC(=O)OCC(COC(=O)CCCCCCC/C=C\CCCC)OC(=O)CC(C)CCC(C)CC(=O)Oc1c(C)cc(COC(=O)Oc2ccc([N+](=O)[O-])cc2)cc1C. The number of ether oxygens (including phenoxy) is 6. The monoisotopic (exact) mass is 992 g/mol. The van der Waals surface area contributed by atoms with E-state index in [0.717, 1.165) is 77.0 Å². The molecule has 0 bridgehead atoms. The number of aryl methyl sites for hydroxylation is 2. The lowest BCUT2D eigenvalue weighted by atomic mass is 9.94. The zero-order chi connectivity index (χ0) is 52.1. The molecule has 71 heavy (non-hydrogen) atoms. The number of nitro groups is 1. The summed E-state index contributed by atoms with van der Waals surface area (Å²) in [6.07, 6.45) is 28.5. The number of allylic oxidation sites excluding steroid dienone is 4. The Morgan fingerprint density at radius 2 is 1.03 bits per heavy atom. The highest BCUT2D eigenvalue weighted by atomic mass is 16.7. The van der Waals surface area contributed by atoms with Crippen molar-refractivity contribution in [3.8, 4) is 11.5 Å². The summed E-state index contributed by atoms with van der Waals surface area (Å²) in [7, 11) is 0. The first-order chi connectivity index (χ1) is 34.2. The number of hydrogen-bond donors (Lipinski definition) is 0. The molecule has 0 aliphatic heterocycles. The van der Waals surface area contributed by atoms with Crippen LogP contribution in [-0.4, -0.2) is 54.3 Å². The van der Waals surface area contributed by atoms with Crippen LogP contribution in [0.4, 0.5) is 10.5 Å². The molecule has 2 rings (SSSR count). The van der Waals surface area contributed by atoms with Gasteiger partial charge in [0.25, 0.3) is 5.69 Å². The Hall–Kier alpha value is -5.53. The Morgan fingerprint density at radius 3 is 1.51 bits per heavy atom. The highest BCUT2D eigenvalue weighted by Crippen LogP contribution is 2.27. The third kappa shape index (κ3) is 30.7. The van der Waals surface area contributed by atoms with Crippen molar-refractivity contribution < 1.29 is 57.3 Å². The van der Waals surface area contributed by atoms with E-state index in [9.17, 15) is 34.1 Å². The van der Waals surface area contributed by atoms with Crippen LogP contribution in [-0.2, 0) is 44.7 Å². The molecule has 0 saturated heterocycles. The summed E-state index contributed by atoms with van der Waals surface area (Å²) in [4.78, 5) is 74.1. The van der Waals surface area contributed by atoms with E-state index < -0.39 is 29.1 Å². The van der Waals surface area contributed by atoms with Crippen molar-refractivity contribution in [2.75, 3.05) is 13.2 Å². The van der Waals surface area contributed by atoms with Gasteiger partial charge < -0.3 is 28.4 Å². The summed E-state index contributed by atoms with van der Waals surface area (Å²) in [5.41, 5.74) is 1.86. The first-order valence-corrected chi connectivity index (χ1v) is 26.4. The molecule has 2 aromatic carbocycles. The number of rotatable bonds is 39. The van der Waals surface area contributed by atoms with Gasteiger partial charge in [0.15, 0.2) is 6.10 Å². The van der Waals surface area contributed by atoms with Gasteiger partial charge in [0, 0.05) is 37.8 Å². The molecule has 2 unspecified atom stereocenters. The molecule has 0 N–H and O–H groups in total. The fraction of sp³-hybridized carbons (Fsp3) is 0.632. The Morgan fingerprint density at radius 1 is 0.577 bits per heavy atom. The molecular weight excluding hydrogens is 907 g/mol. The summed E-state index contributed by atoms with van der Waals surface area (Å²) < 4.78 is 32.9. The zero-order valence-electron chi connectivity index (χ0n) is 43.9. The quantitative estimate of drug-likeness (QED) is 0.00902. The number of nitrogens with zero attached hydrogens (tertiary/aromatic N) is 1. The van der Waals surface area contributed by atoms with Crippen molar-refractivity contribution in [2.24, 2.45) is 11.8 Å². The van der Waals surface area contributed by atoms with Crippen LogP contribution in [0.15, 0.2) is 60.7 Å². The van der Waals surface area contributed by atoms with Gasteiger partial charge in [0.1, 0.15) is 31.3 Å². The number of non-ortho nitro benzene ring substituents is 1. The lowest BCUT2D eigenvalue weighted by molar-refractivity contribution is -0.384. The summed E-state index contributed by atoms with van der Waals surface area (Å²) in [5, 5.41) is 10.9. The smallest absolute Gasteiger partial charge is 0.462 e. The maximum Gasteiger partial charge on any atom is 0.514 e. The standard InChI is InChI=1S/C57H85NO13/c1-7-9-11-13-15-17-19-21-23-25-27-29-52(59)66-42-51(43-67-53(60)30-28-26-24-22-20-18-16-14-12-10-8-2)69-54(61)37-44(3)31-32-45(4)38-55(62)71-56-46(5)39-48(40-47(56)6)41-68-57(63)70-50-35-33-49(34-36-50)58(64)65/h13-16,33-36,39-40,44-45,51H,7-12,17-32,37-38,41-43H2,1-6H3/b15-13-,16-14-. The second-order valence-corrected chi connectivity index (χ2v) is 18.9. The van der Waals surface area contributed by atoms with Gasteiger partial charge in [-0.25, -0.2) is 4.79 Å². The van der Waals surface area contributed by atoms with Gasteiger partial charge >= 0.3 is 30.0 Å². The summed E-state index contributed by atoms with van der Waals surface area (Å²) in [6, 6.07) is 8.53. The molecular formula is C57H85NO13. The Balaban J connectivity index is 1.80. The van der Waals surface area contributed by atoms with E-state index in [1.807, 2.05) is 13.8 Å². The van der Waals surface area contributed by atoms with Crippen molar-refractivity contribution in [3.63, 3.8) is 0 Å². The van der Waals surface area contributed by atoms with E-state index in [1.165, 1.54) is 49.9 Å². The third-order valence-electron chi connectivity index (χ3n) is 12.0. The maximum absolute atomic E-state index is 13.2. The van der Waals surface area contributed by atoms with Gasteiger partial charge in [-0.2, -0.15) is 0 Å². The number of hydrogen-bond acceptors (Lipinski definition) is 13. The second kappa shape index (κ2) is 38.2. The maximum atomic E-state index is 13.2. The van der Waals surface area contributed by atoms with Crippen LogP contribution in [0.3, 0.4) is 0 Å². The molecule has 0 aliphatic carbocycles. The van der Waals surface area contributed by atoms with Gasteiger partial charge in [-0.3, -0.25) is 29.3 Å². The van der Waals surface area contributed by atoms with Crippen molar-refractivity contribution >= 4 is 35.7 Å². The van der Waals surface area contributed by atoms with Crippen molar-refractivity contribution in [2.45, 2.75) is 208 Å². The Kier molecular flexibility index (Phi) is 33.1. The zero-order valence-corrected chi connectivity index (χ0v) is 43.9. The molecule has 2 atom stereocenters. The predicted octanol–water partition coefficient (Wildman–Crippen LogP) is 14.6. The van der Waals surface area contributed by atoms with Gasteiger partial charge in [0.05, 0.1) is 4.92 Å². The molecule has 14 heteroatoms. The largest absolute Gasteiger partial charge is 0.514 e. The minimum atomic E-state index is -0.975. The summed E-state index contributed by atoms with van der Waals surface area (Å²) in [5.74, 6) is -1.23. The summed E-state index contributed by atoms with van der Waals surface area (Å²) >= 11 is 0. The van der Waals surface area contributed by atoms with Crippen LogP contribution in [0.2, 0.25) is 0 Å². The fourth-order valence-corrected chi connectivity index (χ4v) is 7.79. The fourth-order valence-electron chi connectivity index (χ4n) is 7.79. The average molecular weight is 992 g/mol. The highest BCUT2D eigenvalue weighted by Gasteiger charge is 2.22.